The van der Waals surface area contributed by atoms with Crippen LogP contribution < -0.4 is 0 Å². The Morgan fingerprint density at radius 3 is 2.85 bits per heavy atom. The third kappa shape index (κ3) is 2.30. The molecule has 1 amide bonds. The van der Waals surface area contributed by atoms with E-state index in [2.05, 4.69) is 4.98 Å². The van der Waals surface area contributed by atoms with E-state index in [1.54, 1.807) is 4.90 Å². The maximum absolute atomic E-state index is 12.6. The van der Waals surface area contributed by atoms with Gasteiger partial charge in [0.25, 0.3) is 5.91 Å². The van der Waals surface area contributed by atoms with E-state index >= 15 is 0 Å². The molecule has 0 spiro atoms. The molecule has 1 aliphatic rings. The fraction of sp³-hybridized carbons (Fsp3) is 0.400. The van der Waals surface area contributed by atoms with E-state index in [9.17, 15) is 4.79 Å². The molecular formula is C15H17ClN2O2. The molecule has 1 aliphatic heterocycles. The van der Waals surface area contributed by atoms with Gasteiger partial charge in [0.05, 0.1) is 17.2 Å². The maximum Gasteiger partial charge on any atom is 0.272 e. The first kappa shape index (κ1) is 13.5. The van der Waals surface area contributed by atoms with Crippen molar-refractivity contribution in [3.8, 4) is 0 Å². The number of hydrogen-bond acceptors (Lipinski definition) is 2. The fourth-order valence-corrected chi connectivity index (χ4v) is 2.90. The fourth-order valence-electron chi connectivity index (χ4n) is 2.60. The van der Waals surface area contributed by atoms with Crippen molar-refractivity contribution < 1.29 is 9.53 Å². The normalized spacial score (nSPS) is 18.4. The number of aromatic nitrogens is 1. The van der Waals surface area contributed by atoms with Crippen LogP contribution in [0.5, 0.6) is 0 Å². The standard InChI is InChI=1S/C15H17ClN2O2/c1-15(2)9-18(7-8-20-15)14(19)13-12(16)10-5-3-4-6-11(10)17-13/h3-6,17H,7-9H2,1-2H3. The minimum atomic E-state index is -0.313. The van der Waals surface area contributed by atoms with E-state index in [1.165, 1.54) is 0 Å². The van der Waals surface area contributed by atoms with Crippen LogP contribution in [0.3, 0.4) is 0 Å². The summed E-state index contributed by atoms with van der Waals surface area (Å²) in [5, 5.41) is 1.37. The molecular weight excluding hydrogens is 276 g/mol. The number of amides is 1. The molecule has 4 nitrogen and oxygen atoms in total. The van der Waals surface area contributed by atoms with Gasteiger partial charge < -0.3 is 14.6 Å². The molecule has 2 aromatic rings. The van der Waals surface area contributed by atoms with Gasteiger partial charge in [0.2, 0.25) is 0 Å². The van der Waals surface area contributed by atoms with Crippen LogP contribution >= 0.6 is 11.6 Å². The van der Waals surface area contributed by atoms with Crippen LogP contribution in [-0.2, 0) is 4.74 Å². The summed E-state index contributed by atoms with van der Waals surface area (Å²) < 4.78 is 5.63. The summed E-state index contributed by atoms with van der Waals surface area (Å²) in [6.45, 7) is 5.68. The monoisotopic (exact) mass is 292 g/mol. The Kier molecular flexibility index (Phi) is 3.22. The maximum atomic E-state index is 12.6. The average molecular weight is 293 g/mol. The molecule has 0 saturated carbocycles. The van der Waals surface area contributed by atoms with E-state index < -0.39 is 0 Å². The van der Waals surface area contributed by atoms with Crippen molar-refractivity contribution in [1.82, 2.24) is 9.88 Å². The first-order valence-electron chi connectivity index (χ1n) is 6.67. The Morgan fingerprint density at radius 2 is 2.15 bits per heavy atom. The second-order valence-electron chi connectivity index (χ2n) is 5.69. The van der Waals surface area contributed by atoms with Gasteiger partial charge in [-0.15, -0.1) is 0 Å². The Balaban J connectivity index is 1.94. The summed E-state index contributed by atoms with van der Waals surface area (Å²) in [5.74, 6) is -0.0671. The van der Waals surface area contributed by atoms with Gasteiger partial charge in [-0.1, -0.05) is 29.8 Å². The van der Waals surface area contributed by atoms with Crippen molar-refractivity contribution in [1.29, 1.82) is 0 Å². The molecule has 0 bridgehead atoms. The number of benzene rings is 1. The quantitative estimate of drug-likeness (QED) is 0.878. The van der Waals surface area contributed by atoms with Crippen molar-refractivity contribution in [2.75, 3.05) is 19.7 Å². The Morgan fingerprint density at radius 1 is 1.40 bits per heavy atom. The Labute approximate surface area is 122 Å². The van der Waals surface area contributed by atoms with Crippen LogP contribution in [-0.4, -0.2) is 41.1 Å². The highest BCUT2D eigenvalue weighted by atomic mass is 35.5. The lowest BCUT2D eigenvalue weighted by Gasteiger charge is -2.38. The lowest BCUT2D eigenvalue weighted by molar-refractivity contribution is -0.0764. The van der Waals surface area contributed by atoms with Gasteiger partial charge in [-0.25, -0.2) is 0 Å². The molecule has 20 heavy (non-hydrogen) atoms. The summed E-state index contributed by atoms with van der Waals surface area (Å²) >= 11 is 6.33. The number of carbonyl (C=O) groups excluding carboxylic acids is 1. The lowest BCUT2D eigenvalue weighted by Crippen LogP contribution is -2.50. The van der Waals surface area contributed by atoms with Crippen LogP contribution in [0.2, 0.25) is 5.02 Å². The highest BCUT2D eigenvalue weighted by Crippen LogP contribution is 2.29. The first-order valence-corrected chi connectivity index (χ1v) is 7.05. The highest BCUT2D eigenvalue weighted by Gasteiger charge is 2.32. The second kappa shape index (κ2) is 4.79. The number of ether oxygens (including phenoxy) is 1. The van der Waals surface area contributed by atoms with Gasteiger partial charge in [-0.3, -0.25) is 4.79 Å². The van der Waals surface area contributed by atoms with Crippen LogP contribution in [0.25, 0.3) is 10.9 Å². The molecule has 0 radical (unpaired) electrons. The zero-order chi connectivity index (χ0) is 14.3. The largest absolute Gasteiger partial charge is 0.372 e. The number of nitrogens with zero attached hydrogens (tertiary/aromatic N) is 1. The smallest absolute Gasteiger partial charge is 0.272 e. The van der Waals surface area contributed by atoms with E-state index in [0.717, 1.165) is 10.9 Å². The van der Waals surface area contributed by atoms with Gasteiger partial charge in [-0.05, 0) is 19.9 Å². The number of hydrogen-bond donors (Lipinski definition) is 1. The van der Waals surface area contributed by atoms with Crippen molar-refractivity contribution in [3.05, 3.63) is 35.0 Å². The third-order valence-electron chi connectivity index (χ3n) is 3.57. The van der Waals surface area contributed by atoms with Crippen molar-refractivity contribution in [3.63, 3.8) is 0 Å². The van der Waals surface area contributed by atoms with Crippen LogP contribution in [0, 0.1) is 0 Å². The number of fused-ring (bicyclic) bond motifs is 1. The molecule has 5 heteroatoms. The number of H-pyrrole nitrogens is 1. The number of carbonyl (C=O) groups is 1. The van der Waals surface area contributed by atoms with Gasteiger partial charge in [0.1, 0.15) is 5.69 Å². The van der Waals surface area contributed by atoms with Crippen molar-refractivity contribution in [2.45, 2.75) is 19.4 Å². The summed E-state index contributed by atoms with van der Waals surface area (Å²) in [6.07, 6.45) is 0. The summed E-state index contributed by atoms with van der Waals surface area (Å²) in [4.78, 5) is 17.5. The zero-order valence-corrected chi connectivity index (χ0v) is 12.3. The average Bonchev–Trinajstić information content (AvgIpc) is 2.75. The molecule has 1 fully saturated rings. The third-order valence-corrected chi connectivity index (χ3v) is 3.96. The predicted octanol–water partition coefficient (Wildman–Crippen LogP) is 3.07. The molecule has 0 atom stereocenters. The van der Waals surface area contributed by atoms with E-state index in [-0.39, 0.29) is 11.5 Å². The number of nitrogens with one attached hydrogen (secondary N) is 1. The zero-order valence-electron chi connectivity index (χ0n) is 11.6. The molecule has 1 saturated heterocycles. The van der Waals surface area contributed by atoms with Crippen LogP contribution in [0.15, 0.2) is 24.3 Å². The first-order chi connectivity index (χ1) is 9.48. The number of morpholine rings is 1. The number of rotatable bonds is 1. The molecule has 1 N–H and O–H groups in total. The molecule has 1 aromatic carbocycles. The molecule has 0 unspecified atom stereocenters. The van der Waals surface area contributed by atoms with Gasteiger partial charge in [-0.2, -0.15) is 0 Å². The molecule has 0 aliphatic carbocycles. The van der Waals surface area contributed by atoms with E-state index in [0.29, 0.717) is 30.4 Å². The second-order valence-corrected chi connectivity index (χ2v) is 6.07. The minimum absolute atomic E-state index is 0.0671. The highest BCUT2D eigenvalue weighted by molar-refractivity contribution is 6.38. The topological polar surface area (TPSA) is 45.3 Å². The molecule has 106 valence electrons. The SMILES string of the molecule is CC1(C)CN(C(=O)c2[nH]c3ccccc3c2Cl)CCO1. The van der Waals surface area contributed by atoms with E-state index in [4.69, 9.17) is 16.3 Å². The van der Waals surface area contributed by atoms with Gasteiger partial charge >= 0.3 is 0 Å². The summed E-state index contributed by atoms with van der Waals surface area (Å²) in [5.41, 5.74) is 1.03. The number of para-hydroxylation sites is 1. The van der Waals surface area contributed by atoms with Crippen LogP contribution in [0.4, 0.5) is 0 Å². The van der Waals surface area contributed by atoms with Crippen LogP contribution in [0.1, 0.15) is 24.3 Å². The molecule has 3 rings (SSSR count). The summed E-state index contributed by atoms with van der Waals surface area (Å²) in [7, 11) is 0. The Bertz CT molecular complexity index is 663. The van der Waals surface area contributed by atoms with Crippen molar-refractivity contribution in [2.24, 2.45) is 0 Å². The van der Waals surface area contributed by atoms with E-state index in [1.807, 2.05) is 38.1 Å². The minimum Gasteiger partial charge on any atom is -0.372 e. The van der Waals surface area contributed by atoms with Gasteiger partial charge in [0, 0.05) is 24.0 Å². The Hall–Kier alpha value is -1.52. The van der Waals surface area contributed by atoms with Crippen molar-refractivity contribution >= 4 is 28.4 Å². The predicted molar refractivity (Wildman–Crippen MR) is 79.2 cm³/mol. The molecule has 1 aromatic heterocycles. The summed E-state index contributed by atoms with van der Waals surface area (Å²) in [6, 6.07) is 7.66. The van der Waals surface area contributed by atoms with Gasteiger partial charge in [0.15, 0.2) is 0 Å². The molecule has 2 heterocycles. The number of aromatic amines is 1. The number of halogens is 1. The lowest BCUT2D eigenvalue weighted by atomic mass is 10.1.